The van der Waals surface area contributed by atoms with Crippen LogP contribution in [0.2, 0.25) is 0 Å². The zero-order valence-corrected chi connectivity index (χ0v) is 17.3. The maximum Gasteiger partial charge on any atom is 0.272 e. The zero-order chi connectivity index (χ0) is 16.1. The first-order valence-electron chi connectivity index (χ1n) is 6.89. The fourth-order valence-electron chi connectivity index (χ4n) is 1.78. The molecule has 0 spiro atoms. The van der Waals surface area contributed by atoms with Crippen LogP contribution in [0.3, 0.4) is 0 Å². The number of likely N-dealkylation sites (N-methyl/N-ethyl adjacent to an activating group) is 1. The van der Waals surface area contributed by atoms with Crippen LogP contribution in [0, 0.1) is 0 Å². The van der Waals surface area contributed by atoms with E-state index in [9.17, 15) is 4.79 Å². The Bertz CT molecular complexity index is 675. The van der Waals surface area contributed by atoms with E-state index in [1.54, 1.807) is 18.0 Å². The van der Waals surface area contributed by atoms with Crippen LogP contribution in [0.1, 0.15) is 17.4 Å². The predicted octanol–water partition coefficient (Wildman–Crippen LogP) is 4.26. The van der Waals surface area contributed by atoms with Crippen LogP contribution in [0.4, 0.5) is 0 Å². The minimum Gasteiger partial charge on any atom is -0.336 e. The Morgan fingerprint density at radius 2 is 1.96 bits per heavy atom. The number of rotatable bonds is 5. The van der Waals surface area contributed by atoms with Crippen LogP contribution in [-0.2, 0) is 0 Å². The largest absolute Gasteiger partial charge is 0.336 e. The Kier molecular flexibility index (Phi) is 10.6. The first-order valence-corrected chi connectivity index (χ1v) is 8.50. The molecule has 0 aliphatic carbocycles. The Hall–Kier alpha value is -0.790. The van der Waals surface area contributed by atoms with Crippen molar-refractivity contribution < 1.29 is 4.79 Å². The lowest BCUT2D eigenvalue weighted by molar-refractivity contribution is 0.0741. The van der Waals surface area contributed by atoms with Gasteiger partial charge in [-0.25, -0.2) is 4.98 Å². The molecule has 2 N–H and O–H groups in total. The van der Waals surface area contributed by atoms with Crippen molar-refractivity contribution in [2.24, 2.45) is 5.73 Å². The molecule has 2 rings (SSSR count). The first kappa shape index (κ1) is 23.2. The number of carbonyl (C=O) groups excluding carboxylic acids is 1. The van der Waals surface area contributed by atoms with Gasteiger partial charge >= 0.3 is 0 Å². The normalized spacial score (nSPS) is 11.0. The summed E-state index contributed by atoms with van der Waals surface area (Å²) in [6, 6.07) is 13.4. The van der Waals surface area contributed by atoms with Crippen molar-refractivity contribution in [3.8, 4) is 0 Å². The second-order valence-corrected chi connectivity index (χ2v) is 6.93. The number of nitrogens with two attached hydrogens (primary N) is 1. The summed E-state index contributed by atoms with van der Waals surface area (Å²) in [5.74, 6) is -0.116. The van der Waals surface area contributed by atoms with E-state index in [1.165, 1.54) is 11.8 Å². The van der Waals surface area contributed by atoms with Crippen LogP contribution in [0.25, 0.3) is 0 Å². The highest BCUT2D eigenvalue weighted by Gasteiger charge is 2.17. The number of hydrogen-bond acceptors (Lipinski definition) is 4. The van der Waals surface area contributed by atoms with E-state index in [1.807, 2.05) is 43.3 Å². The summed E-state index contributed by atoms with van der Waals surface area (Å²) in [5.41, 5.74) is 6.05. The van der Waals surface area contributed by atoms with Crippen molar-refractivity contribution in [1.29, 1.82) is 0 Å². The number of amides is 1. The molecule has 1 unspecified atom stereocenters. The van der Waals surface area contributed by atoms with Gasteiger partial charge in [0.15, 0.2) is 0 Å². The number of halogens is 3. The van der Waals surface area contributed by atoms with Crippen LogP contribution < -0.4 is 5.73 Å². The molecule has 1 heterocycles. The van der Waals surface area contributed by atoms with Gasteiger partial charge in [0.25, 0.3) is 5.91 Å². The number of benzene rings is 1. The van der Waals surface area contributed by atoms with Gasteiger partial charge in [-0.15, -0.1) is 24.8 Å². The van der Waals surface area contributed by atoms with Gasteiger partial charge in [0.2, 0.25) is 0 Å². The SMILES string of the molecule is CC(CN)N(C)C(=O)c1cccc(Sc2cccc(Br)c2)n1.Cl.Cl. The van der Waals surface area contributed by atoms with E-state index >= 15 is 0 Å². The molecule has 0 aliphatic heterocycles. The van der Waals surface area contributed by atoms with E-state index < -0.39 is 0 Å². The molecule has 0 fully saturated rings. The van der Waals surface area contributed by atoms with Gasteiger partial charge in [-0.1, -0.05) is 39.8 Å². The molecule has 2 aromatic rings. The maximum atomic E-state index is 12.4. The highest BCUT2D eigenvalue weighted by molar-refractivity contribution is 9.10. The zero-order valence-electron chi connectivity index (χ0n) is 13.3. The molecule has 1 aromatic carbocycles. The molecule has 1 aromatic heterocycles. The van der Waals surface area contributed by atoms with Gasteiger partial charge in [0.1, 0.15) is 10.7 Å². The van der Waals surface area contributed by atoms with Crippen molar-refractivity contribution >= 4 is 58.4 Å². The third-order valence-corrected chi connectivity index (χ3v) is 4.70. The van der Waals surface area contributed by atoms with Crippen molar-refractivity contribution in [2.75, 3.05) is 13.6 Å². The monoisotopic (exact) mass is 451 g/mol. The number of nitrogens with zero attached hydrogens (tertiary/aromatic N) is 2. The van der Waals surface area contributed by atoms with Gasteiger partial charge < -0.3 is 10.6 Å². The smallest absolute Gasteiger partial charge is 0.272 e. The number of aromatic nitrogens is 1. The topological polar surface area (TPSA) is 59.2 Å². The molecule has 1 atom stereocenters. The average Bonchev–Trinajstić information content (AvgIpc) is 2.53. The first-order chi connectivity index (χ1) is 10.5. The summed E-state index contributed by atoms with van der Waals surface area (Å²) < 4.78 is 1.02. The van der Waals surface area contributed by atoms with Gasteiger partial charge in [0, 0.05) is 29.0 Å². The fourth-order valence-corrected chi connectivity index (χ4v) is 3.20. The lowest BCUT2D eigenvalue weighted by Gasteiger charge is -2.23. The lowest BCUT2D eigenvalue weighted by Crippen LogP contribution is -2.40. The van der Waals surface area contributed by atoms with Crippen LogP contribution >= 0.6 is 52.5 Å². The van der Waals surface area contributed by atoms with E-state index in [0.717, 1.165) is 14.4 Å². The Morgan fingerprint density at radius 3 is 2.58 bits per heavy atom. The molecule has 4 nitrogen and oxygen atoms in total. The van der Waals surface area contributed by atoms with E-state index in [-0.39, 0.29) is 36.8 Å². The number of carbonyl (C=O) groups is 1. The molecular weight excluding hydrogens is 433 g/mol. The number of hydrogen-bond donors (Lipinski definition) is 1. The Morgan fingerprint density at radius 1 is 1.29 bits per heavy atom. The molecule has 0 radical (unpaired) electrons. The second kappa shape index (κ2) is 10.9. The number of pyridine rings is 1. The molecule has 0 saturated heterocycles. The van der Waals surface area contributed by atoms with Crippen molar-refractivity contribution in [3.05, 3.63) is 52.6 Å². The second-order valence-electron chi connectivity index (χ2n) is 4.92. The molecule has 0 bridgehead atoms. The van der Waals surface area contributed by atoms with Crippen LogP contribution in [0.15, 0.2) is 56.9 Å². The van der Waals surface area contributed by atoms with Gasteiger partial charge in [0.05, 0.1) is 0 Å². The quantitative estimate of drug-likeness (QED) is 0.736. The highest BCUT2D eigenvalue weighted by atomic mass is 79.9. The summed E-state index contributed by atoms with van der Waals surface area (Å²) in [7, 11) is 1.75. The molecule has 8 heteroatoms. The third kappa shape index (κ3) is 6.26. The molecular formula is C16H20BrCl2N3OS. The molecule has 132 valence electrons. The fraction of sp³-hybridized carbons (Fsp3) is 0.250. The molecule has 0 saturated carbocycles. The van der Waals surface area contributed by atoms with E-state index in [2.05, 4.69) is 20.9 Å². The standard InChI is InChI=1S/C16H18BrN3OS.2ClH/c1-11(10-18)20(2)16(21)14-7-4-8-15(19-14)22-13-6-3-5-12(17)9-13;;/h3-9,11H,10,18H2,1-2H3;2*1H. The summed E-state index contributed by atoms with van der Waals surface area (Å²) >= 11 is 4.97. The van der Waals surface area contributed by atoms with Crippen LogP contribution in [-0.4, -0.2) is 35.4 Å². The van der Waals surface area contributed by atoms with Crippen molar-refractivity contribution in [1.82, 2.24) is 9.88 Å². The minimum absolute atomic E-state index is 0. The summed E-state index contributed by atoms with van der Waals surface area (Å²) in [6.07, 6.45) is 0. The van der Waals surface area contributed by atoms with Crippen LogP contribution in [0.5, 0.6) is 0 Å². The lowest BCUT2D eigenvalue weighted by atomic mass is 10.2. The Balaban J connectivity index is 0.00000264. The molecule has 0 aliphatic rings. The molecule has 1 amide bonds. The third-order valence-electron chi connectivity index (χ3n) is 3.28. The van der Waals surface area contributed by atoms with Crippen molar-refractivity contribution in [3.63, 3.8) is 0 Å². The van der Waals surface area contributed by atoms with E-state index in [0.29, 0.717) is 12.2 Å². The van der Waals surface area contributed by atoms with Gasteiger partial charge in [-0.05, 0) is 37.3 Å². The summed E-state index contributed by atoms with van der Waals surface area (Å²) in [6.45, 7) is 2.34. The summed E-state index contributed by atoms with van der Waals surface area (Å²) in [5, 5.41) is 0.790. The van der Waals surface area contributed by atoms with E-state index in [4.69, 9.17) is 5.73 Å². The average molecular weight is 453 g/mol. The summed E-state index contributed by atoms with van der Waals surface area (Å²) in [4.78, 5) is 19.5. The molecule has 24 heavy (non-hydrogen) atoms. The van der Waals surface area contributed by atoms with Crippen molar-refractivity contribution in [2.45, 2.75) is 22.9 Å². The predicted molar refractivity (Wildman–Crippen MR) is 108 cm³/mol. The maximum absolute atomic E-state index is 12.4. The van der Waals surface area contributed by atoms with Gasteiger partial charge in [-0.3, -0.25) is 4.79 Å². The Labute approximate surface area is 167 Å². The highest BCUT2D eigenvalue weighted by Crippen LogP contribution is 2.28. The van der Waals surface area contributed by atoms with Gasteiger partial charge in [-0.2, -0.15) is 0 Å². The minimum atomic E-state index is -0.116.